The molecule has 23 heavy (non-hydrogen) atoms. The van der Waals surface area contributed by atoms with Crippen LogP contribution in [0.25, 0.3) is 11.3 Å². The van der Waals surface area contributed by atoms with Crippen molar-refractivity contribution < 1.29 is 9.78 Å². The lowest BCUT2D eigenvalue weighted by Gasteiger charge is -2.07. The summed E-state index contributed by atoms with van der Waals surface area (Å²) in [5.74, 6) is -0.309. The van der Waals surface area contributed by atoms with E-state index in [-0.39, 0.29) is 5.90 Å². The van der Waals surface area contributed by atoms with Crippen molar-refractivity contribution in [1.29, 1.82) is 5.26 Å². The van der Waals surface area contributed by atoms with Crippen molar-refractivity contribution >= 4 is 5.90 Å². The van der Waals surface area contributed by atoms with Gasteiger partial charge in [-0.2, -0.15) is 5.26 Å². The summed E-state index contributed by atoms with van der Waals surface area (Å²) in [4.78, 5) is 0. The van der Waals surface area contributed by atoms with E-state index >= 15 is 0 Å². The lowest BCUT2D eigenvalue weighted by molar-refractivity contribution is -0.670. The van der Waals surface area contributed by atoms with Crippen LogP contribution < -0.4 is 9.78 Å². The van der Waals surface area contributed by atoms with E-state index in [2.05, 4.69) is 11.2 Å². The largest absolute Gasteiger partial charge is 0.854 e. The second-order valence-corrected chi connectivity index (χ2v) is 4.89. The van der Waals surface area contributed by atoms with E-state index in [0.29, 0.717) is 11.1 Å². The maximum atomic E-state index is 12.3. The summed E-state index contributed by atoms with van der Waals surface area (Å²) in [6.45, 7) is 0. The Bertz CT molecular complexity index is 878. The molecular weight excluding hydrogens is 286 g/mol. The number of hydrogen-bond acceptors (Lipinski definition) is 3. The fraction of sp³-hybridized carbons (Fsp3) is 0. The van der Waals surface area contributed by atoms with E-state index < -0.39 is 0 Å². The molecule has 0 aliphatic rings. The van der Waals surface area contributed by atoms with Gasteiger partial charge in [0.1, 0.15) is 0 Å². The monoisotopic (exact) mass is 299 g/mol. The van der Waals surface area contributed by atoms with E-state index in [4.69, 9.17) is 5.26 Å². The second-order valence-electron chi connectivity index (χ2n) is 4.89. The Balaban J connectivity index is 2.03. The molecule has 4 nitrogen and oxygen atoms in total. The van der Waals surface area contributed by atoms with Crippen molar-refractivity contribution in [2.45, 2.75) is 0 Å². The molecule has 0 radical (unpaired) electrons. The molecule has 3 aromatic rings. The molecule has 110 valence electrons. The van der Waals surface area contributed by atoms with Crippen LogP contribution in [-0.2, 0) is 0 Å². The van der Waals surface area contributed by atoms with Crippen LogP contribution in [0.5, 0.6) is 0 Å². The fourth-order valence-electron chi connectivity index (χ4n) is 2.20. The predicted molar refractivity (Wildman–Crippen MR) is 85.2 cm³/mol. The third kappa shape index (κ3) is 3.25. The zero-order valence-corrected chi connectivity index (χ0v) is 12.3. The molecule has 3 rings (SSSR count). The predicted octanol–water partition coefficient (Wildman–Crippen LogP) is 2.08. The summed E-state index contributed by atoms with van der Waals surface area (Å²) >= 11 is 0. The van der Waals surface area contributed by atoms with Crippen molar-refractivity contribution in [3.05, 3.63) is 90.1 Å². The SMILES string of the molecule is N#Cc1ccc(-c2cccc[n+]2/N=C(\[O-])c2ccccc2)cc1. The van der Waals surface area contributed by atoms with Gasteiger partial charge in [-0.25, -0.2) is 0 Å². The van der Waals surface area contributed by atoms with Crippen LogP contribution in [0.15, 0.2) is 84.1 Å². The molecule has 0 aliphatic heterocycles. The first-order valence-electron chi connectivity index (χ1n) is 7.10. The zero-order chi connectivity index (χ0) is 16.1. The number of nitriles is 1. The van der Waals surface area contributed by atoms with Gasteiger partial charge in [0.15, 0.2) is 0 Å². The molecule has 0 fully saturated rings. The molecule has 0 aliphatic carbocycles. The third-order valence-electron chi connectivity index (χ3n) is 3.37. The normalized spacial score (nSPS) is 11.0. The van der Waals surface area contributed by atoms with Crippen LogP contribution in [0, 0.1) is 11.3 Å². The number of pyridine rings is 1. The molecule has 0 N–H and O–H groups in total. The van der Waals surface area contributed by atoms with E-state index in [1.54, 1.807) is 47.3 Å². The van der Waals surface area contributed by atoms with Gasteiger partial charge in [0.25, 0.3) is 0 Å². The van der Waals surface area contributed by atoms with Gasteiger partial charge in [-0.15, -0.1) is 0 Å². The number of hydrogen-bond donors (Lipinski definition) is 0. The summed E-state index contributed by atoms with van der Waals surface area (Å²) in [6.07, 6.45) is 1.73. The molecule has 0 unspecified atom stereocenters. The van der Waals surface area contributed by atoms with E-state index in [0.717, 1.165) is 11.3 Å². The zero-order valence-electron chi connectivity index (χ0n) is 12.3. The highest BCUT2D eigenvalue weighted by atomic mass is 16.3. The Morgan fingerprint density at radius 2 is 1.61 bits per heavy atom. The highest BCUT2D eigenvalue weighted by Crippen LogP contribution is 2.15. The minimum absolute atomic E-state index is 0.309. The summed E-state index contributed by atoms with van der Waals surface area (Å²) in [5.41, 5.74) is 2.79. The molecule has 1 aromatic heterocycles. The molecule has 0 bridgehead atoms. The number of nitrogens with zero attached hydrogens (tertiary/aromatic N) is 3. The first-order chi connectivity index (χ1) is 11.3. The Kier molecular flexibility index (Phi) is 4.12. The smallest absolute Gasteiger partial charge is 0.245 e. The van der Waals surface area contributed by atoms with Gasteiger partial charge < -0.3 is 5.11 Å². The summed E-state index contributed by atoms with van der Waals surface area (Å²) in [7, 11) is 0. The van der Waals surface area contributed by atoms with Crippen LogP contribution in [-0.4, -0.2) is 5.90 Å². The average molecular weight is 299 g/mol. The van der Waals surface area contributed by atoms with E-state index in [1.807, 2.05) is 36.4 Å². The first kappa shape index (κ1) is 14.5. The van der Waals surface area contributed by atoms with Crippen LogP contribution in [0.3, 0.4) is 0 Å². The van der Waals surface area contributed by atoms with Crippen LogP contribution in [0.2, 0.25) is 0 Å². The molecule has 4 heteroatoms. The van der Waals surface area contributed by atoms with Crippen LogP contribution in [0.4, 0.5) is 0 Å². The average Bonchev–Trinajstić information content (AvgIpc) is 2.63. The maximum absolute atomic E-state index is 12.3. The first-order valence-corrected chi connectivity index (χ1v) is 7.10. The Morgan fingerprint density at radius 1 is 0.913 bits per heavy atom. The molecule has 0 amide bonds. The summed E-state index contributed by atoms with van der Waals surface area (Å²) < 4.78 is 1.55. The lowest BCUT2D eigenvalue weighted by atomic mass is 10.1. The van der Waals surface area contributed by atoms with Crippen molar-refractivity contribution in [1.82, 2.24) is 0 Å². The molecule has 0 saturated heterocycles. The summed E-state index contributed by atoms with van der Waals surface area (Å²) in [6, 6.07) is 23.8. The number of aromatic nitrogens is 1. The van der Waals surface area contributed by atoms with Crippen molar-refractivity contribution in [2.75, 3.05) is 0 Å². The minimum atomic E-state index is -0.309. The Labute approximate surface area is 134 Å². The lowest BCUT2D eigenvalue weighted by Crippen LogP contribution is -2.35. The molecule has 1 heterocycles. The molecule has 2 aromatic carbocycles. The third-order valence-corrected chi connectivity index (χ3v) is 3.37. The van der Waals surface area contributed by atoms with Gasteiger partial charge in [0.2, 0.25) is 11.9 Å². The second kappa shape index (κ2) is 6.54. The number of rotatable bonds is 3. The van der Waals surface area contributed by atoms with Crippen molar-refractivity contribution in [3.8, 4) is 17.3 Å². The fourth-order valence-corrected chi connectivity index (χ4v) is 2.20. The number of benzene rings is 2. The Morgan fingerprint density at radius 3 is 2.30 bits per heavy atom. The van der Waals surface area contributed by atoms with Crippen LogP contribution in [0.1, 0.15) is 11.1 Å². The van der Waals surface area contributed by atoms with Gasteiger partial charge in [0.05, 0.1) is 17.5 Å². The van der Waals surface area contributed by atoms with E-state index in [1.165, 1.54) is 0 Å². The maximum Gasteiger partial charge on any atom is 0.245 e. The van der Waals surface area contributed by atoms with Crippen molar-refractivity contribution in [2.24, 2.45) is 5.10 Å². The van der Waals surface area contributed by atoms with Gasteiger partial charge in [-0.1, -0.05) is 35.0 Å². The van der Waals surface area contributed by atoms with E-state index in [9.17, 15) is 5.11 Å². The highest BCUT2D eigenvalue weighted by Gasteiger charge is 2.12. The molecular formula is C19H13N3O. The van der Waals surface area contributed by atoms with Gasteiger partial charge in [-0.3, -0.25) is 0 Å². The van der Waals surface area contributed by atoms with Gasteiger partial charge >= 0.3 is 0 Å². The van der Waals surface area contributed by atoms with Crippen LogP contribution >= 0.6 is 0 Å². The summed E-state index contributed by atoms with van der Waals surface area (Å²) in [5, 5.41) is 25.3. The van der Waals surface area contributed by atoms with Gasteiger partial charge in [0, 0.05) is 17.7 Å². The topological polar surface area (TPSA) is 63.1 Å². The van der Waals surface area contributed by atoms with Crippen molar-refractivity contribution in [3.63, 3.8) is 0 Å². The standard InChI is InChI=1S/C19H13N3O/c20-14-15-9-11-16(12-10-15)18-8-4-5-13-22(18)21-19(23)17-6-2-1-3-7-17/h1-13H. The highest BCUT2D eigenvalue weighted by molar-refractivity contribution is 5.89. The van der Waals surface area contributed by atoms with Gasteiger partial charge in [-0.05, 0) is 41.0 Å². The minimum Gasteiger partial charge on any atom is -0.854 e. The molecule has 0 spiro atoms. The quantitative estimate of drug-likeness (QED) is 0.422. The Hall–Kier alpha value is -3.45. The molecule has 0 atom stereocenters. The molecule has 0 saturated carbocycles.